The van der Waals surface area contributed by atoms with E-state index in [0.29, 0.717) is 5.54 Å². The van der Waals surface area contributed by atoms with Gasteiger partial charge in [0.05, 0.1) is 6.54 Å². The maximum absolute atomic E-state index is 5.35. The van der Waals surface area contributed by atoms with Crippen molar-refractivity contribution in [2.75, 3.05) is 26.2 Å². The molecule has 1 aliphatic rings. The predicted octanol–water partition coefficient (Wildman–Crippen LogP) is 1.47. The highest BCUT2D eigenvalue weighted by Crippen LogP contribution is 2.23. The molecule has 1 N–H and O–H groups in total. The third-order valence-corrected chi connectivity index (χ3v) is 3.30. The summed E-state index contributed by atoms with van der Waals surface area (Å²) in [6.45, 7) is 8.54. The first-order valence-electron chi connectivity index (χ1n) is 5.67. The number of nitrogens with zero attached hydrogens (tertiary/aromatic N) is 1. The smallest absolute Gasteiger partial charge is 0.0599 e. The van der Waals surface area contributed by atoms with Crippen LogP contribution in [0.1, 0.15) is 33.1 Å². The lowest BCUT2D eigenvalue weighted by Gasteiger charge is -2.33. The van der Waals surface area contributed by atoms with Crippen LogP contribution in [-0.2, 0) is 0 Å². The van der Waals surface area contributed by atoms with Crippen LogP contribution in [0.5, 0.6) is 0 Å². The largest absolute Gasteiger partial charge is 0.310 e. The van der Waals surface area contributed by atoms with Crippen molar-refractivity contribution in [3.05, 3.63) is 0 Å². The summed E-state index contributed by atoms with van der Waals surface area (Å²) in [5.41, 5.74) is 0.340. The van der Waals surface area contributed by atoms with E-state index in [1.54, 1.807) is 0 Å². The van der Waals surface area contributed by atoms with Gasteiger partial charge in [-0.1, -0.05) is 19.8 Å². The molecule has 0 radical (unpaired) electrons. The topological polar surface area (TPSA) is 15.3 Å². The third-order valence-electron chi connectivity index (χ3n) is 3.30. The van der Waals surface area contributed by atoms with E-state index < -0.39 is 0 Å². The molecule has 1 fully saturated rings. The Morgan fingerprint density at radius 1 is 1.50 bits per heavy atom. The highest BCUT2D eigenvalue weighted by atomic mass is 15.2. The van der Waals surface area contributed by atoms with Crippen molar-refractivity contribution in [2.45, 2.75) is 38.6 Å². The second-order valence-electron chi connectivity index (χ2n) is 4.17. The summed E-state index contributed by atoms with van der Waals surface area (Å²) >= 11 is 0. The van der Waals surface area contributed by atoms with E-state index in [4.69, 9.17) is 6.42 Å². The standard InChI is InChI=1S/C12H22N2/c1-4-10-14(6-3)11-12(5-2)8-7-9-13-12/h1,13H,5-11H2,2-3H3. The Kier molecular flexibility index (Phi) is 4.44. The van der Waals surface area contributed by atoms with Crippen molar-refractivity contribution < 1.29 is 0 Å². The number of terminal acetylenes is 1. The molecule has 0 aromatic rings. The molecule has 0 aromatic heterocycles. The average Bonchev–Trinajstić information content (AvgIpc) is 2.66. The van der Waals surface area contributed by atoms with Crippen molar-refractivity contribution >= 4 is 0 Å². The average molecular weight is 194 g/mol. The SMILES string of the molecule is C#CCN(CC)CC1(CC)CCCN1. The van der Waals surface area contributed by atoms with Crippen LogP contribution >= 0.6 is 0 Å². The third kappa shape index (κ3) is 2.73. The van der Waals surface area contributed by atoms with Gasteiger partial charge in [0.15, 0.2) is 0 Å². The Morgan fingerprint density at radius 2 is 2.29 bits per heavy atom. The molecule has 2 nitrogen and oxygen atoms in total. The molecule has 2 heteroatoms. The van der Waals surface area contributed by atoms with Gasteiger partial charge in [0.25, 0.3) is 0 Å². The van der Waals surface area contributed by atoms with Crippen molar-refractivity contribution in [2.24, 2.45) is 0 Å². The van der Waals surface area contributed by atoms with Gasteiger partial charge in [-0.25, -0.2) is 0 Å². The molecule has 0 aromatic carbocycles. The Bertz CT molecular complexity index is 199. The van der Waals surface area contributed by atoms with E-state index >= 15 is 0 Å². The minimum absolute atomic E-state index is 0.340. The number of hydrogen-bond acceptors (Lipinski definition) is 2. The number of likely N-dealkylation sites (N-methyl/N-ethyl adjacent to an activating group) is 1. The van der Waals surface area contributed by atoms with Crippen LogP contribution in [0.2, 0.25) is 0 Å². The van der Waals surface area contributed by atoms with Crippen LogP contribution in [0.15, 0.2) is 0 Å². The normalized spacial score (nSPS) is 26.7. The minimum atomic E-state index is 0.340. The van der Waals surface area contributed by atoms with Gasteiger partial charge in [-0.15, -0.1) is 6.42 Å². The fourth-order valence-electron chi connectivity index (χ4n) is 2.25. The second-order valence-corrected chi connectivity index (χ2v) is 4.17. The van der Waals surface area contributed by atoms with Crippen molar-refractivity contribution in [3.63, 3.8) is 0 Å². The van der Waals surface area contributed by atoms with Crippen molar-refractivity contribution in [1.29, 1.82) is 0 Å². The molecule has 0 saturated carbocycles. The van der Waals surface area contributed by atoms with Crippen LogP contribution in [0.3, 0.4) is 0 Å². The summed E-state index contributed by atoms with van der Waals surface area (Å²) in [5.74, 6) is 2.73. The monoisotopic (exact) mass is 194 g/mol. The van der Waals surface area contributed by atoms with E-state index in [1.165, 1.54) is 25.8 Å². The summed E-state index contributed by atoms with van der Waals surface area (Å²) in [7, 11) is 0. The van der Waals surface area contributed by atoms with Crippen LogP contribution in [0.25, 0.3) is 0 Å². The molecular weight excluding hydrogens is 172 g/mol. The van der Waals surface area contributed by atoms with Gasteiger partial charge in [-0.2, -0.15) is 0 Å². The molecule has 80 valence electrons. The van der Waals surface area contributed by atoms with Crippen molar-refractivity contribution in [1.82, 2.24) is 10.2 Å². The van der Waals surface area contributed by atoms with Crippen LogP contribution in [0.4, 0.5) is 0 Å². The molecule has 0 spiro atoms. The molecular formula is C12H22N2. The molecule has 0 bridgehead atoms. The summed E-state index contributed by atoms with van der Waals surface area (Å²) in [5, 5.41) is 3.63. The Labute approximate surface area is 88.1 Å². The Hall–Kier alpha value is -0.520. The molecule has 14 heavy (non-hydrogen) atoms. The zero-order chi connectivity index (χ0) is 10.4. The Morgan fingerprint density at radius 3 is 2.71 bits per heavy atom. The number of nitrogens with one attached hydrogen (secondary N) is 1. The lowest BCUT2D eigenvalue weighted by atomic mass is 9.93. The highest BCUT2D eigenvalue weighted by molar-refractivity contribution is 4.97. The molecule has 0 aliphatic carbocycles. The Balaban J connectivity index is 2.50. The van der Waals surface area contributed by atoms with E-state index in [1.807, 2.05) is 0 Å². The van der Waals surface area contributed by atoms with E-state index in [-0.39, 0.29) is 0 Å². The van der Waals surface area contributed by atoms with Gasteiger partial charge in [-0.3, -0.25) is 4.90 Å². The van der Waals surface area contributed by atoms with Gasteiger partial charge in [0.1, 0.15) is 0 Å². The van der Waals surface area contributed by atoms with Gasteiger partial charge >= 0.3 is 0 Å². The van der Waals surface area contributed by atoms with E-state index in [2.05, 4.69) is 30.0 Å². The van der Waals surface area contributed by atoms with Crippen LogP contribution in [-0.4, -0.2) is 36.6 Å². The summed E-state index contributed by atoms with van der Waals surface area (Å²) in [4.78, 5) is 2.35. The number of rotatable bonds is 5. The zero-order valence-corrected chi connectivity index (χ0v) is 9.47. The van der Waals surface area contributed by atoms with Gasteiger partial charge in [0, 0.05) is 12.1 Å². The lowest BCUT2D eigenvalue weighted by Crippen LogP contribution is -2.49. The molecule has 1 rings (SSSR count). The van der Waals surface area contributed by atoms with Crippen LogP contribution in [0, 0.1) is 12.3 Å². The summed E-state index contributed by atoms with van der Waals surface area (Å²) in [6.07, 6.45) is 9.16. The fourth-order valence-corrected chi connectivity index (χ4v) is 2.25. The maximum atomic E-state index is 5.35. The first-order valence-corrected chi connectivity index (χ1v) is 5.67. The molecule has 1 heterocycles. The fraction of sp³-hybridized carbons (Fsp3) is 0.833. The van der Waals surface area contributed by atoms with E-state index in [0.717, 1.165) is 19.6 Å². The highest BCUT2D eigenvalue weighted by Gasteiger charge is 2.32. The second kappa shape index (κ2) is 5.38. The minimum Gasteiger partial charge on any atom is -0.310 e. The van der Waals surface area contributed by atoms with Crippen molar-refractivity contribution in [3.8, 4) is 12.3 Å². The molecule has 1 unspecified atom stereocenters. The first-order chi connectivity index (χ1) is 6.76. The lowest BCUT2D eigenvalue weighted by molar-refractivity contribution is 0.213. The van der Waals surface area contributed by atoms with Gasteiger partial charge in [-0.05, 0) is 32.4 Å². The van der Waals surface area contributed by atoms with Gasteiger partial charge in [0.2, 0.25) is 0 Å². The quantitative estimate of drug-likeness (QED) is 0.667. The molecule has 1 atom stereocenters. The maximum Gasteiger partial charge on any atom is 0.0599 e. The summed E-state index contributed by atoms with van der Waals surface area (Å²) < 4.78 is 0. The molecule has 1 saturated heterocycles. The number of hydrogen-bond donors (Lipinski definition) is 1. The zero-order valence-electron chi connectivity index (χ0n) is 9.47. The summed E-state index contributed by atoms with van der Waals surface area (Å²) in [6, 6.07) is 0. The predicted molar refractivity (Wildman–Crippen MR) is 61.2 cm³/mol. The van der Waals surface area contributed by atoms with Crippen LogP contribution < -0.4 is 5.32 Å². The molecule has 1 aliphatic heterocycles. The van der Waals surface area contributed by atoms with Gasteiger partial charge < -0.3 is 5.32 Å². The molecule has 0 amide bonds. The first kappa shape index (κ1) is 11.6. The van der Waals surface area contributed by atoms with E-state index in [9.17, 15) is 0 Å².